The molecule has 1 heterocycles. The molecular weight excluding hydrogens is 218 g/mol. The van der Waals surface area contributed by atoms with E-state index < -0.39 is 6.23 Å². The normalized spacial score (nSPS) is 18.2. The molecule has 0 radical (unpaired) electrons. The number of likely N-dealkylation sites (tertiary alicyclic amines) is 1. The number of piperidine rings is 1. The number of hydrogen-bond donors (Lipinski definition) is 2. The molecule has 1 atom stereocenters. The molecular formula is C13H17NO3. The quantitative estimate of drug-likeness (QED) is 0.829. The second-order valence-electron chi connectivity index (χ2n) is 4.40. The first-order valence-corrected chi connectivity index (χ1v) is 5.92. The van der Waals surface area contributed by atoms with Gasteiger partial charge in [-0.25, -0.2) is 0 Å². The van der Waals surface area contributed by atoms with Crippen molar-refractivity contribution in [1.29, 1.82) is 0 Å². The number of phenols is 1. The number of hydrogen-bond acceptors (Lipinski definition) is 3. The van der Waals surface area contributed by atoms with Gasteiger partial charge in [0, 0.05) is 19.4 Å². The van der Waals surface area contributed by atoms with Gasteiger partial charge in [-0.15, -0.1) is 0 Å². The van der Waals surface area contributed by atoms with E-state index in [0.29, 0.717) is 19.4 Å². The van der Waals surface area contributed by atoms with Crippen molar-refractivity contribution in [3.8, 4) is 5.75 Å². The zero-order valence-electron chi connectivity index (χ0n) is 9.67. The van der Waals surface area contributed by atoms with Crippen LogP contribution >= 0.6 is 0 Å². The van der Waals surface area contributed by atoms with Gasteiger partial charge in [-0.05, 0) is 30.5 Å². The summed E-state index contributed by atoms with van der Waals surface area (Å²) >= 11 is 0. The van der Waals surface area contributed by atoms with Crippen molar-refractivity contribution < 1.29 is 15.0 Å². The van der Waals surface area contributed by atoms with Gasteiger partial charge in [0.15, 0.2) is 0 Å². The van der Waals surface area contributed by atoms with E-state index in [-0.39, 0.29) is 11.7 Å². The Labute approximate surface area is 100 Å². The minimum absolute atomic E-state index is 0.0301. The maximum Gasteiger partial charge on any atom is 0.224 e. The van der Waals surface area contributed by atoms with E-state index in [1.165, 1.54) is 4.90 Å². The maximum absolute atomic E-state index is 11.6. The standard InChI is InChI=1S/C13H17NO3/c15-11-6-4-10(5-7-11)9-13(17)14-8-2-1-3-12(14)16/h4-7,13,15,17H,1-3,8-9H2. The Kier molecular flexibility index (Phi) is 3.64. The molecule has 1 aromatic carbocycles. The van der Waals surface area contributed by atoms with E-state index in [1.807, 2.05) is 0 Å². The monoisotopic (exact) mass is 235 g/mol. The molecule has 2 N–H and O–H groups in total. The molecule has 0 aliphatic carbocycles. The van der Waals surface area contributed by atoms with Gasteiger partial charge in [0.25, 0.3) is 0 Å². The molecule has 4 nitrogen and oxygen atoms in total. The smallest absolute Gasteiger partial charge is 0.224 e. The molecule has 1 aromatic rings. The van der Waals surface area contributed by atoms with Gasteiger partial charge in [0.2, 0.25) is 5.91 Å². The molecule has 1 saturated heterocycles. The van der Waals surface area contributed by atoms with E-state index >= 15 is 0 Å². The summed E-state index contributed by atoms with van der Waals surface area (Å²) in [6.45, 7) is 0.637. The maximum atomic E-state index is 11.6. The first kappa shape index (κ1) is 11.9. The van der Waals surface area contributed by atoms with Crippen molar-refractivity contribution >= 4 is 5.91 Å². The molecule has 4 heteroatoms. The van der Waals surface area contributed by atoms with E-state index in [9.17, 15) is 9.90 Å². The summed E-state index contributed by atoms with van der Waals surface area (Å²) in [4.78, 5) is 13.1. The van der Waals surface area contributed by atoms with Crippen molar-refractivity contribution in [3.05, 3.63) is 29.8 Å². The molecule has 92 valence electrons. The molecule has 0 aromatic heterocycles. The minimum atomic E-state index is -0.757. The number of rotatable bonds is 3. The number of nitrogens with zero attached hydrogens (tertiary/aromatic N) is 1. The molecule has 1 aliphatic rings. The van der Waals surface area contributed by atoms with Crippen LogP contribution in [-0.4, -0.2) is 33.8 Å². The molecule has 17 heavy (non-hydrogen) atoms. The molecule has 2 rings (SSSR count). The summed E-state index contributed by atoms with van der Waals surface area (Å²) in [5.74, 6) is 0.236. The lowest BCUT2D eigenvalue weighted by atomic mass is 10.1. The molecule has 0 saturated carbocycles. The number of aliphatic hydroxyl groups is 1. The predicted molar refractivity (Wildman–Crippen MR) is 63.4 cm³/mol. The third-order valence-corrected chi connectivity index (χ3v) is 3.07. The fourth-order valence-corrected chi connectivity index (χ4v) is 2.09. The third kappa shape index (κ3) is 2.97. The molecule has 1 fully saturated rings. The van der Waals surface area contributed by atoms with Gasteiger partial charge in [0.05, 0.1) is 0 Å². The molecule has 0 spiro atoms. The average Bonchev–Trinajstić information content (AvgIpc) is 2.32. The lowest BCUT2D eigenvalue weighted by Crippen LogP contribution is -2.44. The van der Waals surface area contributed by atoms with Crippen molar-refractivity contribution in [2.45, 2.75) is 31.9 Å². The van der Waals surface area contributed by atoms with Gasteiger partial charge in [0.1, 0.15) is 12.0 Å². The number of carbonyl (C=O) groups is 1. The summed E-state index contributed by atoms with van der Waals surface area (Å²) in [5.41, 5.74) is 0.911. The van der Waals surface area contributed by atoms with Crippen LogP contribution in [0.2, 0.25) is 0 Å². The number of aromatic hydroxyl groups is 1. The number of aliphatic hydroxyl groups excluding tert-OH is 1. The van der Waals surface area contributed by atoms with Gasteiger partial charge in [-0.3, -0.25) is 4.79 Å². The summed E-state index contributed by atoms with van der Waals surface area (Å²) in [6, 6.07) is 6.68. The highest BCUT2D eigenvalue weighted by Crippen LogP contribution is 2.17. The van der Waals surface area contributed by atoms with Crippen molar-refractivity contribution in [1.82, 2.24) is 4.90 Å². The van der Waals surface area contributed by atoms with Crippen LogP contribution in [0.25, 0.3) is 0 Å². The highest BCUT2D eigenvalue weighted by atomic mass is 16.3. The van der Waals surface area contributed by atoms with Crippen molar-refractivity contribution in [3.63, 3.8) is 0 Å². The Hall–Kier alpha value is -1.55. The fourth-order valence-electron chi connectivity index (χ4n) is 2.09. The number of phenolic OH excluding ortho intramolecular Hbond substituents is 1. The van der Waals surface area contributed by atoms with Crippen LogP contribution in [0.5, 0.6) is 5.75 Å². The van der Waals surface area contributed by atoms with Gasteiger partial charge >= 0.3 is 0 Å². The largest absolute Gasteiger partial charge is 0.508 e. The van der Waals surface area contributed by atoms with Gasteiger partial charge in [-0.2, -0.15) is 0 Å². The summed E-state index contributed by atoms with van der Waals surface area (Å²) in [7, 11) is 0. The van der Waals surface area contributed by atoms with Crippen LogP contribution in [0.15, 0.2) is 24.3 Å². The summed E-state index contributed by atoms with van der Waals surface area (Å²) < 4.78 is 0. The number of amides is 1. The van der Waals surface area contributed by atoms with E-state index in [4.69, 9.17) is 5.11 Å². The topological polar surface area (TPSA) is 60.8 Å². The molecule has 1 unspecified atom stereocenters. The van der Waals surface area contributed by atoms with Crippen molar-refractivity contribution in [2.75, 3.05) is 6.54 Å². The van der Waals surface area contributed by atoms with E-state index in [0.717, 1.165) is 18.4 Å². The fraction of sp³-hybridized carbons (Fsp3) is 0.462. The van der Waals surface area contributed by atoms with E-state index in [1.54, 1.807) is 24.3 Å². The Morgan fingerprint density at radius 3 is 2.59 bits per heavy atom. The summed E-state index contributed by atoms with van der Waals surface area (Å²) in [6.07, 6.45) is 2.06. The Morgan fingerprint density at radius 1 is 1.24 bits per heavy atom. The Morgan fingerprint density at radius 2 is 1.94 bits per heavy atom. The van der Waals surface area contributed by atoms with Crippen LogP contribution in [0, 0.1) is 0 Å². The molecule has 0 bridgehead atoms. The van der Waals surface area contributed by atoms with Crippen LogP contribution in [0.1, 0.15) is 24.8 Å². The second-order valence-corrected chi connectivity index (χ2v) is 4.40. The lowest BCUT2D eigenvalue weighted by Gasteiger charge is -2.31. The van der Waals surface area contributed by atoms with E-state index in [2.05, 4.69) is 0 Å². The number of carbonyl (C=O) groups excluding carboxylic acids is 1. The SMILES string of the molecule is O=C1CCCCN1C(O)Cc1ccc(O)cc1. The van der Waals surface area contributed by atoms with Crippen LogP contribution < -0.4 is 0 Å². The summed E-state index contributed by atoms with van der Waals surface area (Å²) in [5, 5.41) is 19.2. The van der Waals surface area contributed by atoms with Crippen LogP contribution in [0.3, 0.4) is 0 Å². The van der Waals surface area contributed by atoms with Crippen molar-refractivity contribution in [2.24, 2.45) is 0 Å². The lowest BCUT2D eigenvalue weighted by molar-refractivity contribution is -0.143. The van der Waals surface area contributed by atoms with Crippen LogP contribution in [-0.2, 0) is 11.2 Å². The first-order valence-electron chi connectivity index (χ1n) is 5.92. The second kappa shape index (κ2) is 5.19. The van der Waals surface area contributed by atoms with Crippen LogP contribution in [0.4, 0.5) is 0 Å². The first-order chi connectivity index (χ1) is 8.16. The average molecular weight is 235 g/mol. The predicted octanol–water partition coefficient (Wildman–Crippen LogP) is 1.27. The zero-order valence-corrected chi connectivity index (χ0v) is 9.67. The Bertz CT molecular complexity index is 388. The molecule has 1 aliphatic heterocycles. The minimum Gasteiger partial charge on any atom is -0.508 e. The number of benzene rings is 1. The Balaban J connectivity index is 1.98. The van der Waals surface area contributed by atoms with Gasteiger partial charge in [-0.1, -0.05) is 12.1 Å². The third-order valence-electron chi connectivity index (χ3n) is 3.07. The highest BCUT2D eigenvalue weighted by molar-refractivity contribution is 5.77. The zero-order chi connectivity index (χ0) is 12.3. The molecule has 1 amide bonds. The highest BCUT2D eigenvalue weighted by Gasteiger charge is 2.24. The van der Waals surface area contributed by atoms with Gasteiger partial charge < -0.3 is 15.1 Å².